The summed E-state index contributed by atoms with van der Waals surface area (Å²) < 4.78 is 0. The van der Waals surface area contributed by atoms with E-state index in [4.69, 9.17) is 0 Å². The van der Waals surface area contributed by atoms with Gasteiger partial charge in [-0.3, -0.25) is 4.98 Å². The first-order valence-electron chi connectivity index (χ1n) is 6.97. The Bertz CT molecular complexity index is 637. The highest BCUT2D eigenvalue weighted by Crippen LogP contribution is 2.20. The molecule has 0 fully saturated rings. The van der Waals surface area contributed by atoms with Crippen LogP contribution in [0.25, 0.3) is 0 Å². The van der Waals surface area contributed by atoms with Gasteiger partial charge in [0.1, 0.15) is 0 Å². The molecular formula is C19H21N. The molecule has 1 heteroatoms. The van der Waals surface area contributed by atoms with Gasteiger partial charge in [-0.15, -0.1) is 0 Å². The Morgan fingerprint density at radius 2 is 1.60 bits per heavy atom. The van der Waals surface area contributed by atoms with Gasteiger partial charge in [0.05, 0.1) is 0 Å². The van der Waals surface area contributed by atoms with Crippen LogP contribution in [0.2, 0.25) is 0 Å². The first kappa shape index (κ1) is 14.3. The summed E-state index contributed by atoms with van der Waals surface area (Å²) in [5, 5.41) is 0. The van der Waals surface area contributed by atoms with Crippen molar-refractivity contribution in [2.24, 2.45) is 5.41 Å². The summed E-state index contributed by atoms with van der Waals surface area (Å²) in [6.07, 6.45) is 0.967. The van der Waals surface area contributed by atoms with E-state index >= 15 is 0 Å². The number of benzene rings is 1. The number of hydrogen-bond acceptors (Lipinski definition) is 1. The third-order valence-electron chi connectivity index (χ3n) is 2.84. The monoisotopic (exact) mass is 263 g/mol. The van der Waals surface area contributed by atoms with Crippen LogP contribution in [0.5, 0.6) is 0 Å². The fraction of sp³-hybridized carbons (Fsp3) is 0.316. The van der Waals surface area contributed by atoms with Gasteiger partial charge < -0.3 is 0 Å². The average molecular weight is 263 g/mol. The largest absolute Gasteiger partial charge is 0.258 e. The molecule has 20 heavy (non-hydrogen) atoms. The normalized spacial score (nSPS) is 10.8. The van der Waals surface area contributed by atoms with Crippen LogP contribution in [0.15, 0.2) is 42.5 Å². The topological polar surface area (TPSA) is 12.9 Å². The lowest BCUT2D eigenvalue weighted by Crippen LogP contribution is -2.11. The Morgan fingerprint density at radius 3 is 2.25 bits per heavy atom. The molecule has 0 spiro atoms. The number of aryl methyl sites for hydroxylation is 1. The van der Waals surface area contributed by atoms with Crippen LogP contribution in [-0.4, -0.2) is 4.98 Å². The summed E-state index contributed by atoms with van der Waals surface area (Å²) in [6, 6.07) is 14.2. The van der Waals surface area contributed by atoms with E-state index in [9.17, 15) is 0 Å². The molecule has 0 bridgehead atoms. The Morgan fingerprint density at radius 1 is 0.950 bits per heavy atom. The molecule has 1 aromatic carbocycles. The van der Waals surface area contributed by atoms with E-state index in [2.05, 4.69) is 43.7 Å². The first-order chi connectivity index (χ1) is 9.42. The van der Waals surface area contributed by atoms with Gasteiger partial charge in [0.25, 0.3) is 0 Å². The Hall–Kier alpha value is -2.07. The summed E-state index contributed by atoms with van der Waals surface area (Å²) in [6.45, 7) is 8.71. The maximum absolute atomic E-state index is 4.61. The lowest BCUT2D eigenvalue weighted by Gasteiger charge is -2.17. The zero-order valence-electron chi connectivity index (χ0n) is 12.7. The van der Waals surface area contributed by atoms with Gasteiger partial charge in [0.15, 0.2) is 0 Å². The van der Waals surface area contributed by atoms with E-state index in [1.165, 1.54) is 0 Å². The molecule has 0 unspecified atom stereocenters. The smallest absolute Gasteiger partial charge is 0.0424 e. The number of pyridine rings is 1. The SMILES string of the molecule is Cc1cc(C#Cc2ccccc2)cc(CC(C)(C)C)n1. The van der Waals surface area contributed by atoms with Crippen LogP contribution in [0.4, 0.5) is 0 Å². The molecule has 1 heterocycles. The average Bonchev–Trinajstić information content (AvgIpc) is 2.35. The highest BCUT2D eigenvalue weighted by molar-refractivity contribution is 5.43. The predicted molar refractivity (Wildman–Crippen MR) is 84.6 cm³/mol. The molecule has 0 amide bonds. The molecule has 0 radical (unpaired) electrons. The summed E-state index contributed by atoms with van der Waals surface area (Å²) in [4.78, 5) is 4.61. The summed E-state index contributed by atoms with van der Waals surface area (Å²) in [5.74, 6) is 6.44. The summed E-state index contributed by atoms with van der Waals surface area (Å²) >= 11 is 0. The highest BCUT2D eigenvalue weighted by atomic mass is 14.7. The third-order valence-corrected chi connectivity index (χ3v) is 2.84. The maximum Gasteiger partial charge on any atom is 0.0424 e. The molecule has 0 aliphatic carbocycles. The second-order valence-corrected chi connectivity index (χ2v) is 6.34. The molecule has 0 N–H and O–H groups in total. The molecular weight excluding hydrogens is 242 g/mol. The van der Waals surface area contributed by atoms with Gasteiger partial charge in [-0.1, -0.05) is 50.8 Å². The van der Waals surface area contributed by atoms with E-state index in [0.717, 1.165) is 28.9 Å². The second-order valence-electron chi connectivity index (χ2n) is 6.34. The van der Waals surface area contributed by atoms with E-state index in [-0.39, 0.29) is 5.41 Å². The van der Waals surface area contributed by atoms with Gasteiger partial charge in [-0.25, -0.2) is 0 Å². The molecule has 0 aliphatic heterocycles. The zero-order valence-corrected chi connectivity index (χ0v) is 12.7. The van der Waals surface area contributed by atoms with Gasteiger partial charge in [0.2, 0.25) is 0 Å². The number of hydrogen-bond donors (Lipinski definition) is 0. The van der Waals surface area contributed by atoms with Gasteiger partial charge >= 0.3 is 0 Å². The van der Waals surface area contributed by atoms with Crippen LogP contribution in [-0.2, 0) is 6.42 Å². The predicted octanol–water partition coefficient (Wildman–Crippen LogP) is 4.38. The van der Waals surface area contributed by atoms with Crippen LogP contribution >= 0.6 is 0 Å². The maximum atomic E-state index is 4.61. The molecule has 0 atom stereocenters. The van der Waals surface area contributed by atoms with Gasteiger partial charge in [0, 0.05) is 22.5 Å². The van der Waals surface area contributed by atoms with Crippen LogP contribution in [0.1, 0.15) is 43.3 Å². The van der Waals surface area contributed by atoms with Gasteiger partial charge in [-0.05, 0) is 43.0 Å². The Balaban J connectivity index is 2.27. The van der Waals surface area contributed by atoms with Crippen molar-refractivity contribution in [1.82, 2.24) is 4.98 Å². The molecule has 0 aliphatic rings. The number of aromatic nitrogens is 1. The summed E-state index contributed by atoms with van der Waals surface area (Å²) in [7, 11) is 0. The van der Waals surface area contributed by atoms with Crippen LogP contribution < -0.4 is 0 Å². The van der Waals surface area contributed by atoms with Crippen molar-refractivity contribution in [2.75, 3.05) is 0 Å². The second kappa shape index (κ2) is 5.92. The third kappa shape index (κ3) is 4.55. The van der Waals surface area contributed by atoms with Crippen molar-refractivity contribution >= 4 is 0 Å². The fourth-order valence-electron chi connectivity index (χ4n) is 2.11. The molecule has 1 aromatic heterocycles. The highest BCUT2D eigenvalue weighted by Gasteiger charge is 2.12. The first-order valence-corrected chi connectivity index (χ1v) is 6.97. The molecule has 0 saturated carbocycles. The van der Waals surface area contributed by atoms with Crippen molar-refractivity contribution < 1.29 is 0 Å². The van der Waals surface area contributed by atoms with E-state index in [0.29, 0.717) is 0 Å². The number of nitrogens with zero attached hydrogens (tertiary/aromatic N) is 1. The van der Waals surface area contributed by atoms with Crippen molar-refractivity contribution in [3.8, 4) is 11.8 Å². The lowest BCUT2D eigenvalue weighted by molar-refractivity contribution is 0.406. The quantitative estimate of drug-likeness (QED) is 0.696. The van der Waals surface area contributed by atoms with Crippen LogP contribution in [0.3, 0.4) is 0 Å². The standard InChI is InChI=1S/C19H21N/c1-15-12-17(11-10-16-8-6-5-7-9-16)13-18(20-15)14-19(2,3)4/h5-9,12-13H,14H2,1-4H3. The minimum atomic E-state index is 0.241. The molecule has 2 aromatic rings. The lowest BCUT2D eigenvalue weighted by atomic mass is 9.90. The van der Waals surface area contributed by atoms with Crippen LogP contribution in [0, 0.1) is 24.2 Å². The van der Waals surface area contributed by atoms with Gasteiger partial charge in [-0.2, -0.15) is 0 Å². The molecule has 1 nitrogen and oxygen atoms in total. The van der Waals surface area contributed by atoms with Crippen molar-refractivity contribution in [3.05, 3.63) is 65.0 Å². The Kier molecular flexibility index (Phi) is 4.25. The van der Waals surface area contributed by atoms with E-state index in [1.807, 2.05) is 43.3 Å². The zero-order chi connectivity index (χ0) is 14.6. The fourth-order valence-corrected chi connectivity index (χ4v) is 2.11. The van der Waals surface area contributed by atoms with E-state index in [1.54, 1.807) is 0 Å². The molecule has 2 rings (SSSR count). The Labute approximate surface area is 122 Å². The summed E-state index contributed by atoms with van der Waals surface area (Å²) in [5.41, 5.74) is 4.48. The van der Waals surface area contributed by atoms with E-state index < -0.39 is 0 Å². The van der Waals surface area contributed by atoms with Crippen molar-refractivity contribution in [3.63, 3.8) is 0 Å². The molecule has 0 saturated heterocycles. The van der Waals surface area contributed by atoms with Crippen molar-refractivity contribution in [1.29, 1.82) is 0 Å². The minimum absolute atomic E-state index is 0.241. The van der Waals surface area contributed by atoms with Crippen molar-refractivity contribution in [2.45, 2.75) is 34.1 Å². The number of rotatable bonds is 1. The minimum Gasteiger partial charge on any atom is -0.258 e. The molecule has 102 valence electrons.